The lowest BCUT2D eigenvalue weighted by atomic mass is 9.82. The van der Waals surface area contributed by atoms with Crippen molar-refractivity contribution in [3.63, 3.8) is 0 Å². The van der Waals surface area contributed by atoms with Crippen molar-refractivity contribution < 1.29 is 9.47 Å². The van der Waals surface area contributed by atoms with Crippen LogP contribution in [0.2, 0.25) is 5.02 Å². The van der Waals surface area contributed by atoms with Gasteiger partial charge in [-0.3, -0.25) is 4.99 Å². The van der Waals surface area contributed by atoms with Crippen LogP contribution in [0.25, 0.3) is 0 Å². The van der Waals surface area contributed by atoms with E-state index in [9.17, 15) is 0 Å². The maximum absolute atomic E-state index is 6.04. The summed E-state index contributed by atoms with van der Waals surface area (Å²) in [6.45, 7) is 3.44. The topological polar surface area (TPSA) is 46.1 Å². The standard InChI is InChI=1S/C18H24ClN3O2/c1-20-18(21-8-9-23-13-4-2-12(19)3-5-13)22-10-14-15(11-22)17-7-6-16(14)24-17/h2-5,14-17H,6-11H2,1H3,(H,20,21). The summed E-state index contributed by atoms with van der Waals surface area (Å²) in [5.41, 5.74) is 0. The first kappa shape index (κ1) is 16.0. The van der Waals surface area contributed by atoms with Crippen molar-refractivity contribution in [2.24, 2.45) is 16.8 Å². The number of hydrogen-bond donors (Lipinski definition) is 1. The lowest BCUT2D eigenvalue weighted by Crippen LogP contribution is -2.42. The summed E-state index contributed by atoms with van der Waals surface area (Å²) in [5, 5.41) is 4.14. The van der Waals surface area contributed by atoms with E-state index in [4.69, 9.17) is 21.1 Å². The summed E-state index contributed by atoms with van der Waals surface area (Å²) >= 11 is 5.87. The van der Waals surface area contributed by atoms with E-state index in [1.54, 1.807) is 0 Å². The van der Waals surface area contributed by atoms with Crippen molar-refractivity contribution >= 4 is 17.6 Å². The van der Waals surface area contributed by atoms with Crippen molar-refractivity contribution in [3.8, 4) is 5.75 Å². The third-order valence-electron chi connectivity index (χ3n) is 5.43. The molecule has 4 rings (SSSR count). The summed E-state index contributed by atoms with van der Waals surface area (Å²) in [5.74, 6) is 3.18. The molecule has 2 bridgehead atoms. The summed E-state index contributed by atoms with van der Waals surface area (Å²) in [6.07, 6.45) is 3.44. The van der Waals surface area contributed by atoms with Gasteiger partial charge in [-0.15, -0.1) is 0 Å². The molecular weight excluding hydrogens is 326 g/mol. The van der Waals surface area contributed by atoms with E-state index >= 15 is 0 Å². The second kappa shape index (κ2) is 6.81. The Hall–Kier alpha value is -1.46. The molecule has 1 N–H and O–H groups in total. The van der Waals surface area contributed by atoms with Crippen molar-refractivity contribution in [3.05, 3.63) is 29.3 Å². The molecule has 5 nitrogen and oxygen atoms in total. The minimum Gasteiger partial charge on any atom is -0.492 e. The zero-order valence-corrected chi connectivity index (χ0v) is 14.7. The van der Waals surface area contributed by atoms with Crippen LogP contribution in [0.3, 0.4) is 0 Å². The molecule has 4 atom stereocenters. The van der Waals surface area contributed by atoms with Crippen molar-refractivity contribution in [1.29, 1.82) is 0 Å². The zero-order chi connectivity index (χ0) is 16.5. The fourth-order valence-electron chi connectivity index (χ4n) is 4.33. The van der Waals surface area contributed by atoms with E-state index < -0.39 is 0 Å². The van der Waals surface area contributed by atoms with Gasteiger partial charge < -0.3 is 19.7 Å². The van der Waals surface area contributed by atoms with Gasteiger partial charge in [0.2, 0.25) is 0 Å². The molecule has 3 heterocycles. The van der Waals surface area contributed by atoms with Gasteiger partial charge in [-0.2, -0.15) is 0 Å². The number of halogens is 1. The van der Waals surface area contributed by atoms with Gasteiger partial charge in [0.15, 0.2) is 5.96 Å². The van der Waals surface area contributed by atoms with Crippen LogP contribution in [-0.4, -0.2) is 56.4 Å². The van der Waals surface area contributed by atoms with Gasteiger partial charge >= 0.3 is 0 Å². The van der Waals surface area contributed by atoms with Gasteiger partial charge in [0.05, 0.1) is 18.8 Å². The van der Waals surface area contributed by atoms with E-state index in [1.165, 1.54) is 12.8 Å². The number of guanidine groups is 1. The first-order valence-electron chi connectivity index (χ1n) is 8.74. The molecule has 0 spiro atoms. The number of nitrogens with zero attached hydrogens (tertiary/aromatic N) is 2. The van der Waals surface area contributed by atoms with Crippen molar-refractivity contribution in [2.75, 3.05) is 33.3 Å². The van der Waals surface area contributed by atoms with Gasteiger partial charge in [-0.1, -0.05) is 11.6 Å². The Morgan fingerprint density at radius 1 is 1.25 bits per heavy atom. The Labute approximate surface area is 148 Å². The predicted octanol–water partition coefficient (Wildman–Crippen LogP) is 2.40. The van der Waals surface area contributed by atoms with Crippen LogP contribution >= 0.6 is 11.6 Å². The molecule has 6 heteroatoms. The number of hydrogen-bond acceptors (Lipinski definition) is 3. The third-order valence-corrected chi connectivity index (χ3v) is 5.68. The maximum atomic E-state index is 6.04. The molecule has 0 aromatic heterocycles. The highest BCUT2D eigenvalue weighted by molar-refractivity contribution is 6.30. The van der Waals surface area contributed by atoms with Crippen LogP contribution in [0.5, 0.6) is 5.75 Å². The van der Waals surface area contributed by atoms with Crippen molar-refractivity contribution in [1.82, 2.24) is 10.2 Å². The average Bonchev–Trinajstić information content (AvgIpc) is 3.29. The molecule has 0 aliphatic carbocycles. The molecular formula is C18H24ClN3O2. The fourth-order valence-corrected chi connectivity index (χ4v) is 4.45. The molecule has 3 aliphatic rings. The van der Waals surface area contributed by atoms with Crippen LogP contribution in [0.4, 0.5) is 0 Å². The predicted molar refractivity (Wildman–Crippen MR) is 94.8 cm³/mol. The van der Waals surface area contributed by atoms with Gasteiger partial charge in [-0.25, -0.2) is 0 Å². The minimum absolute atomic E-state index is 0.483. The molecule has 24 heavy (non-hydrogen) atoms. The Kier molecular flexibility index (Phi) is 4.55. The number of rotatable bonds is 4. The average molecular weight is 350 g/mol. The molecule has 0 saturated carbocycles. The Morgan fingerprint density at radius 2 is 1.92 bits per heavy atom. The zero-order valence-electron chi connectivity index (χ0n) is 14.0. The fraction of sp³-hybridized carbons (Fsp3) is 0.611. The van der Waals surface area contributed by atoms with E-state index in [1.807, 2.05) is 31.3 Å². The van der Waals surface area contributed by atoms with E-state index in [0.717, 1.165) is 36.4 Å². The largest absolute Gasteiger partial charge is 0.492 e. The first-order chi connectivity index (χ1) is 11.7. The quantitative estimate of drug-likeness (QED) is 0.515. The molecule has 0 radical (unpaired) electrons. The van der Waals surface area contributed by atoms with E-state index in [-0.39, 0.29) is 0 Å². The lowest BCUT2D eigenvalue weighted by molar-refractivity contribution is 0.0767. The minimum atomic E-state index is 0.483. The van der Waals surface area contributed by atoms with Crippen LogP contribution in [0.1, 0.15) is 12.8 Å². The summed E-state index contributed by atoms with van der Waals surface area (Å²) < 4.78 is 11.8. The van der Waals surface area contributed by atoms with Crippen LogP contribution in [-0.2, 0) is 4.74 Å². The van der Waals surface area contributed by atoms with Crippen LogP contribution in [0.15, 0.2) is 29.3 Å². The van der Waals surface area contributed by atoms with Gasteiger partial charge in [0.1, 0.15) is 12.4 Å². The first-order valence-corrected chi connectivity index (χ1v) is 9.12. The highest BCUT2D eigenvalue weighted by Gasteiger charge is 2.53. The molecule has 4 unspecified atom stereocenters. The van der Waals surface area contributed by atoms with Gasteiger partial charge in [0, 0.05) is 37.0 Å². The smallest absolute Gasteiger partial charge is 0.193 e. The molecule has 3 aliphatic heterocycles. The Balaban J connectivity index is 1.24. The SMILES string of the molecule is CN=C(NCCOc1ccc(Cl)cc1)N1CC2C3CCC(O3)C2C1. The molecule has 1 aromatic carbocycles. The number of fused-ring (bicyclic) bond motifs is 5. The summed E-state index contributed by atoms with van der Waals surface area (Å²) in [7, 11) is 1.85. The molecule has 130 valence electrons. The Bertz CT molecular complexity index is 589. The maximum Gasteiger partial charge on any atom is 0.193 e. The summed E-state index contributed by atoms with van der Waals surface area (Å²) in [6, 6.07) is 7.44. The second-order valence-electron chi connectivity index (χ2n) is 6.80. The van der Waals surface area contributed by atoms with E-state index in [0.29, 0.717) is 30.7 Å². The lowest BCUT2D eigenvalue weighted by Gasteiger charge is -2.23. The Morgan fingerprint density at radius 3 is 2.54 bits per heavy atom. The second-order valence-corrected chi connectivity index (χ2v) is 7.24. The number of nitrogens with one attached hydrogen (secondary N) is 1. The number of benzene rings is 1. The molecule has 3 fully saturated rings. The third kappa shape index (κ3) is 3.07. The van der Waals surface area contributed by atoms with Crippen LogP contribution in [0, 0.1) is 11.8 Å². The summed E-state index contributed by atoms with van der Waals surface area (Å²) in [4.78, 5) is 6.82. The highest BCUT2D eigenvalue weighted by atomic mass is 35.5. The highest BCUT2D eigenvalue weighted by Crippen LogP contribution is 2.47. The normalized spacial score (nSPS) is 31.4. The monoisotopic (exact) mass is 349 g/mol. The number of likely N-dealkylation sites (tertiary alicyclic amines) is 1. The molecule has 3 saturated heterocycles. The molecule has 1 aromatic rings. The van der Waals surface area contributed by atoms with Crippen molar-refractivity contribution in [2.45, 2.75) is 25.0 Å². The van der Waals surface area contributed by atoms with Gasteiger partial charge in [-0.05, 0) is 37.1 Å². The molecule has 0 amide bonds. The number of ether oxygens (including phenoxy) is 2. The number of aliphatic imine (C=N–C) groups is 1. The van der Waals surface area contributed by atoms with Crippen LogP contribution < -0.4 is 10.1 Å². The van der Waals surface area contributed by atoms with E-state index in [2.05, 4.69) is 15.2 Å². The van der Waals surface area contributed by atoms with Gasteiger partial charge in [0.25, 0.3) is 0 Å².